The first-order valence-electron chi connectivity index (χ1n) is 6.60. The summed E-state index contributed by atoms with van der Waals surface area (Å²) in [6, 6.07) is 14.6. The molecule has 0 amide bonds. The minimum Gasteiger partial charge on any atom is -0.465 e. The molecule has 4 nitrogen and oxygen atoms in total. The van der Waals surface area contributed by atoms with Gasteiger partial charge in [0.2, 0.25) is 0 Å². The number of fused-ring (bicyclic) bond motifs is 1. The number of rotatable bonds is 2. The molecule has 0 aliphatic rings. The van der Waals surface area contributed by atoms with Crippen molar-refractivity contribution in [2.75, 3.05) is 7.11 Å². The summed E-state index contributed by atoms with van der Waals surface area (Å²) in [5, 5.41) is 0.702. The summed E-state index contributed by atoms with van der Waals surface area (Å²) in [5.74, 6) is -0.631. The Bertz CT molecular complexity index is 865. The van der Waals surface area contributed by atoms with Crippen LogP contribution >= 0.6 is 22.6 Å². The molecule has 1 aromatic heterocycles. The molecule has 2 aromatic carbocycles. The van der Waals surface area contributed by atoms with Crippen LogP contribution in [0.2, 0.25) is 0 Å². The van der Waals surface area contributed by atoms with Gasteiger partial charge in [0, 0.05) is 20.7 Å². The number of aromatic nitrogens is 1. The second-order valence-electron chi connectivity index (χ2n) is 4.73. The van der Waals surface area contributed by atoms with Gasteiger partial charge < -0.3 is 4.74 Å². The number of para-hydroxylation sites is 1. The van der Waals surface area contributed by atoms with E-state index in [2.05, 4.69) is 22.6 Å². The van der Waals surface area contributed by atoms with Crippen molar-refractivity contribution >= 4 is 45.4 Å². The zero-order chi connectivity index (χ0) is 15.7. The summed E-state index contributed by atoms with van der Waals surface area (Å²) in [7, 11) is 1.33. The Morgan fingerprint density at radius 2 is 1.73 bits per heavy atom. The van der Waals surface area contributed by atoms with Gasteiger partial charge in [-0.25, -0.2) is 4.79 Å². The highest BCUT2D eigenvalue weighted by molar-refractivity contribution is 14.1. The normalized spacial score (nSPS) is 10.6. The number of hydrogen-bond donors (Lipinski definition) is 0. The molecule has 0 atom stereocenters. The Morgan fingerprint density at radius 1 is 1.05 bits per heavy atom. The molecule has 110 valence electrons. The number of ether oxygens (including phenoxy) is 1. The van der Waals surface area contributed by atoms with Crippen LogP contribution in [-0.2, 0) is 4.74 Å². The quantitative estimate of drug-likeness (QED) is 0.483. The minimum absolute atomic E-state index is 0.178. The van der Waals surface area contributed by atoms with E-state index in [4.69, 9.17) is 4.74 Å². The maximum atomic E-state index is 12.7. The number of halogens is 1. The van der Waals surface area contributed by atoms with Gasteiger partial charge in [0.15, 0.2) is 0 Å². The standard InChI is InChI=1S/C17H12INO3/c1-22-17(21)14-10-19(15-5-3-2-4-13(14)15)16(20)11-6-8-12(18)9-7-11/h2-10H,1H3. The third-order valence-electron chi connectivity index (χ3n) is 3.43. The highest BCUT2D eigenvalue weighted by atomic mass is 127. The molecule has 1 heterocycles. The van der Waals surface area contributed by atoms with Crippen LogP contribution in [0.5, 0.6) is 0 Å². The van der Waals surface area contributed by atoms with Gasteiger partial charge in [-0.15, -0.1) is 0 Å². The molecular formula is C17H12INO3. The van der Waals surface area contributed by atoms with Crippen LogP contribution < -0.4 is 0 Å². The van der Waals surface area contributed by atoms with Crippen molar-refractivity contribution in [2.24, 2.45) is 0 Å². The van der Waals surface area contributed by atoms with Crippen molar-refractivity contribution in [2.45, 2.75) is 0 Å². The van der Waals surface area contributed by atoms with Crippen molar-refractivity contribution in [1.82, 2.24) is 4.57 Å². The lowest BCUT2D eigenvalue weighted by atomic mass is 10.2. The third-order valence-corrected chi connectivity index (χ3v) is 4.15. The summed E-state index contributed by atoms with van der Waals surface area (Å²) in [6.07, 6.45) is 1.54. The fourth-order valence-corrected chi connectivity index (χ4v) is 2.71. The van der Waals surface area contributed by atoms with Crippen LogP contribution in [0.15, 0.2) is 54.7 Å². The van der Waals surface area contributed by atoms with Crippen molar-refractivity contribution < 1.29 is 14.3 Å². The Morgan fingerprint density at radius 3 is 2.41 bits per heavy atom. The van der Waals surface area contributed by atoms with Gasteiger partial charge in [-0.3, -0.25) is 9.36 Å². The van der Waals surface area contributed by atoms with Crippen LogP contribution in [0, 0.1) is 3.57 Å². The van der Waals surface area contributed by atoms with Crippen LogP contribution in [0.25, 0.3) is 10.9 Å². The minimum atomic E-state index is -0.453. The molecule has 0 spiro atoms. The van der Waals surface area contributed by atoms with Crippen molar-refractivity contribution in [3.05, 3.63) is 69.4 Å². The topological polar surface area (TPSA) is 48.3 Å². The van der Waals surface area contributed by atoms with Crippen LogP contribution in [0.3, 0.4) is 0 Å². The zero-order valence-corrected chi connectivity index (χ0v) is 13.9. The average molecular weight is 405 g/mol. The van der Waals surface area contributed by atoms with Gasteiger partial charge in [0.05, 0.1) is 18.2 Å². The van der Waals surface area contributed by atoms with Crippen LogP contribution in [0.1, 0.15) is 20.7 Å². The number of carbonyl (C=O) groups is 2. The first-order chi connectivity index (χ1) is 10.6. The van der Waals surface area contributed by atoms with Gasteiger partial charge in [0.1, 0.15) is 0 Å². The summed E-state index contributed by atoms with van der Waals surface area (Å²) in [4.78, 5) is 24.6. The van der Waals surface area contributed by atoms with E-state index in [0.29, 0.717) is 22.0 Å². The predicted molar refractivity (Wildman–Crippen MR) is 92.2 cm³/mol. The summed E-state index contributed by atoms with van der Waals surface area (Å²) >= 11 is 2.19. The van der Waals surface area contributed by atoms with E-state index < -0.39 is 5.97 Å². The average Bonchev–Trinajstić information content (AvgIpc) is 2.94. The van der Waals surface area contributed by atoms with E-state index in [0.717, 1.165) is 3.57 Å². The molecule has 3 rings (SSSR count). The Balaban J connectivity index is 2.16. The number of nitrogens with zero attached hydrogens (tertiary/aromatic N) is 1. The third kappa shape index (κ3) is 2.52. The molecule has 0 radical (unpaired) electrons. The van der Waals surface area contributed by atoms with E-state index in [1.54, 1.807) is 18.2 Å². The van der Waals surface area contributed by atoms with Crippen molar-refractivity contribution in [3.8, 4) is 0 Å². The maximum absolute atomic E-state index is 12.7. The largest absolute Gasteiger partial charge is 0.465 e. The van der Waals surface area contributed by atoms with Gasteiger partial charge in [-0.2, -0.15) is 0 Å². The lowest BCUT2D eigenvalue weighted by Crippen LogP contribution is -2.11. The highest BCUT2D eigenvalue weighted by Gasteiger charge is 2.19. The molecule has 0 saturated heterocycles. The smallest absolute Gasteiger partial charge is 0.340 e. The number of carbonyl (C=O) groups excluding carboxylic acids is 2. The van der Waals surface area contributed by atoms with Crippen LogP contribution in [-0.4, -0.2) is 23.6 Å². The fourth-order valence-electron chi connectivity index (χ4n) is 2.35. The van der Waals surface area contributed by atoms with E-state index in [-0.39, 0.29) is 5.91 Å². The first-order valence-corrected chi connectivity index (χ1v) is 7.68. The highest BCUT2D eigenvalue weighted by Crippen LogP contribution is 2.23. The van der Waals surface area contributed by atoms with E-state index >= 15 is 0 Å². The fraction of sp³-hybridized carbons (Fsp3) is 0.0588. The summed E-state index contributed by atoms with van der Waals surface area (Å²) in [6.45, 7) is 0. The van der Waals surface area contributed by atoms with Crippen LogP contribution in [0.4, 0.5) is 0 Å². The number of esters is 1. The Labute approximate surface area is 140 Å². The van der Waals surface area contributed by atoms with Crippen molar-refractivity contribution in [1.29, 1.82) is 0 Å². The van der Waals surface area contributed by atoms with E-state index in [1.807, 2.05) is 30.3 Å². The molecule has 0 unspecified atom stereocenters. The second-order valence-corrected chi connectivity index (χ2v) is 5.98. The molecule has 0 bridgehead atoms. The SMILES string of the molecule is COC(=O)c1cn(C(=O)c2ccc(I)cc2)c2ccccc12. The summed E-state index contributed by atoms with van der Waals surface area (Å²) < 4.78 is 7.34. The van der Waals surface area contributed by atoms with E-state index in [1.165, 1.54) is 17.9 Å². The molecule has 0 aliphatic heterocycles. The van der Waals surface area contributed by atoms with Gasteiger partial charge in [0.25, 0.3) is 5.91 Å². The molecular weight excluding hydrogens is 393 g/mol. The molecule has 22 heavy (non-hydrogen) atoms. The predicted octanol–water partition coefficient (Wildman–Crippen LogP) is 3.72. The lowest BCUT2D eigenvalue weighted by Gasteiger charge is -2.04. The number of methoxy groups -OCH3 is 1. The number of benzene rings is 2. The molecule has 0 N–H and O–H groups in total. The van der Waals surface area contributed by atoms with Gasteiger partial charge >= 0.3 is 5.97 Å². The van der Waals surface area contributed by atoms with E-state index in [9.17, 15) is 9.59 Å². The van der Waals surface area contributed by atoms with Gasteiger partial charge in [-0.05, 0) is 52.9 Å². The van der Waals surface area contributed by atoms with Gasteiger partial charge in [-0.1, -0.05) is 18.2 Å². The van der Waals surface area contributed by atoms with Crippen molar-refractivity contribution in [3.63, 3.8) is 0 Å². The molecule has 0 fully saturated rings. The maximum Gasteiger partial charge on any atom is 0.340 e. The first kappa shape index (κ1) is 14.8. The molecule has 3 aromatic rings. The zero-order valence-electron chi connectivity index (χ0n) is 11.7. The number of hydrogen-bond acceptors (Lipinski definition) is 3. The monoisotopic (exact) mass is 405 g/mol. The lowest BCUT2D eigenvalue weighted by molar-refractivity contribution is 0.0603. The molecule has 5 heteroatoms. The second kappa shape index (κ2) is 5.92. The Kier molecular flexibility index (Phi) is 3.98. The molecule has 0 saturated carbocycles. The molecule has 0 aliphatic carbocycles. The summed E-state index contributed by atoms with van der Waals surface area (Å²) in [5.41, 5.74) is 1.64. The Hall–Kier alpha value is -2.15.